The van der Waals surface area contributed by atoms with Crippen molar-refractivity contribution < 1.29 is 8.42 Å². The number of nitrogens with one attached hydrogen (secondary N) is 2. The van der Waals surface area contributed by atoms with Crippen LogP contribution in [0, 0.1) is 0 Å². The van der Waals surface area contributed by atoms with Gasteiger partial charge >= 0.3 is 0 Å². The van der Waals surface area contributed by atoms with Crippen LogP contribution >= 0.6 is 0 Å². The zero-order valence-electron chi connectivity index (χ0n) is 9.24. The minimum absolute atomic E-state index is 0.0238. The number of hydrazine groups is 1. The molecule has 2 aromatic heterocycles. The molecule has 0 unspecified atom stereocenters. The fourth-order valence-electron chi connectivity index (χ4n) is 1.34. The summed E-state index contributed by atoms with van der Waals surface area (Å²) in [6.07, 6.45) is 5.64. The predicted molar refractivity (Wildman–Crippen MR) is 67.1 cm³/mol. The molecule has 18 heavy (non-hydrogen) atoms. The first-order valence-corrected chi connectivity index (χ1v) is 6.45. The lowest BCUT2D eigenvalue weighted by atomic mass is 10.4. The third kappa shape index (κ3) is 2.55. The lowest BCUT2D eigenvalue weighted by Gasteiger charge is -2.10. The highest BCUT2D eigenvalue weighted by Crippen LogP contribution is 2.21. The standard InChI is InChI=1S/C10H11N5O2S/c11-14-9-3-6-13-7-10(9)18(16,17)15-8-1-4-12-5-2-8/h1-7H,11H2,(H,12,15)(H,13,14). The minimum atomic E-state index is -3.74. The van der Waals surface area contributed by atoms with Crippen LogP contribution in [0.15, 0.2) is 47.9 Å². The van der Waals surface area contributed by atoms with E-state index in [0.717, 1.165) is 0 Å². The molecule has 2 heterocycles. The summed E-state index contributed by atoms with van der Waals surface area (Å²) < 4.78 is 26.6. The highest BCUT2D eigenvalue weighted by molar-refractivity contribution is 7.92. The number of rotatable bonds is 4. The molecule has 0 bridgehead atoms. The Morgan fingerprint density at radius 3 is 2.39 bits per heavy atom. The van der Waals surface area contributed by atoms with E-state index in [-0.39, 0.29) is 10.6 Å². The summed E-state index contributed by atoms with van der Waals surface area (Å²) in [5.41, 5.74) is 3.00. The maximum atomic E-state index is 12.1. The molecule has 0 aliphatic heterocycles. The summed E-state index contributed by atoms with van der Waals surface area (Å²) in [6.45, 7) is 0. The summed E-state index contributed by atoms with van der Waals surface area (Å²) in [5.74, 6) is 5.26. The van der Waals surface area contributed by atoms with Crippen LogP contribution in [0.3, 0.4) is 0 Å². The van der Waals surface area contributed by atoms with Crippen LogP contribution in [0.25, 0.3) is 0 Å². The summed E-state index contributed by atoms with van der Waals surface area (Å²) in [5, 5.41) is 0. The number of nitrogens with zero attached hydrogens (tertiary/aromatic N) is 2. The van der Waals surface area contributed by atoms with E-state index in [2.05, 4.69) is 20.1 Å². The zero-order chi connectivity index (χ0) is 13.0. The van der Waals surface area contributed by atoms with Gasteiger partial charge in [0.25, 0.3) is 10.0 Å². The Balaban J connectivity index is 2.37. The van der Waals surface area contributed by atoms with E-state index < -0.39 is 10.0 Å². The Labute approximate surface area is 104 Å². The molecule has 0 amide bonds. The van der Waals surface area contributed by atoms with Gasteiger partial charge in [-0.25, -0.2) is 8.42 Å². The SMILES string of the molecule is NNc1ccncc1S(=O)(=O)Nc1ccncc1. The van der Waals surface area contributed by atoms with E-state index >= 15 is 0 Å². The molecule has 7 nitrogen and oxygen atoms in total. The Hall–Kier alpha value is -2.19. The van der Waals surface area contributed by atoms with Crippen molar-refractivity contribution in [3.63, 3.8) is 0 Å². The molecule has 0 aliphatic rings. The van der Waals surface area contributed by atoms with Crippen LogP contribution in [0.2, 0.25) is 0 Å². The second-order valence-electron chi connectivity index (χ2n) is 3.36. The van der Waals surface area contributed by atoms with Gasteiger partial charge in [0.2, 0.25) is 0 Å². The fourth-order valence-corrected chi connectivity index (χ4v) is 2.52. The van der Waals surface area contributed by atoms with Gasteiger partial charge in [-0.05, 0) is 18.2 Å². The van der Waals surface area contributed by atoms with Gasteiger partial charge < -0.3 is 5.43 Å². The van der Waals surface area contributed by atoms with Crippen molar-refractivity contribution in [2.24, 2.45) is 5.84 Å². The number of sulfonamides is 1. The largest absolute Gasteiger partial charge is 0.323 e. The average Bonchev–Trinajstić information content (AvgIpc) is 2.39. The molecule has 94 valence electrons. The van der Waals surface area contributed by atoms with Crippen LogP contribution in [-0.4, -0.2) is 18.4 Å². The van der Waals surface area contributed by atoms with Gasteiger partial charge in [0, 0.05) is 24.8 Å². The second kappa shape index (κ2) is 4.98. The fraction of sp³-hybridized carbons (Fsp3) is 0. The van der Waals surface area contributed by atoms with E-state index in [9.17, 15) is 8.42 Å². The van der Waals surface area contributed by atoms with E-state index in [1.165, 1.54) is 30.9 Å². The van der Waals surface area contributed by atoms with Gasteiger partial charge in [0.05, 0.1) is 11.4 Å². The van der Waals surface area contributed by atoms with Crippen molar-refractivity contribution in [1.29, 1.82) is 0 Å². The number of hydrogen-bond donors (Lipinski definition) is 3. The number of nitrogens with two attached hydrogens (primary N) is 1. The first kappa shape index (κ1) is 12.3. The predicted octanol–water partition coefficient (Wildman–Crippen LogP) is 0.563. The van der Waals surface area contributed by atoms with Crippen molar-refractivity contribution in [2.75, 3.05) is 10.1 Å². The molecule has 0 aliphatic carbocycles. The maximum absolute atomic E-state index is 12.1. The van der Waals surface area contributed by atoms with Gasteiger partial charge in [0.1, 0.15) is 4.90 Å². The zero-order valence-corrected chi connectivity index (χ0v) is 10.1. The number of aromatic nitrogens is 2. The Bertz CT molecular complexity index is 630. The van der Waals surface area contributed by atoms with Gasteiger partial charge in [-0.2, -0.15) is 0 Å². The van der Waals surface area contributed by atoms with Gasteiger partial charge in [-0.1, -0.05) is 0 Å². The Morgan fingerprint density at radius 1 is 1.06 bits per heavy atom. The van der Waals surface area contributed by atoms with Crippen molar-refractivity contribution >= 4 is 21.4 Å². The minimum Gasteiger partial charge on any atom is -0.323 e. The van der Waals surface area contributed by atoms with E-state index in [1.54, 1.807) is 12.1 Å². The molecule has 4 N–H and O–H groups in total. The smallest absolute Gasteiger partial charge is 0.265 e. The average molecular weight is 265 g/mol. The third-order valence-corrected chi connectivity index (χ3v) is 3.57. The highest BCUT2D eigenvalue weighted by atomic mass is 32.2. The molecule has 0 fully saturated rings. The molecule has 2 rings (SSSR count). The lowest BCUT2D eigenvalue weighted by molar-refractivity contribution is 0.601. The van der Waals surface area contributed by atoms with E-state index in [0.29, 0.717) is 5.69 Å². The highest BCUT2D eigenvalue weighted by Gasteiger charge is 2.18. The molecular weight excluding hydrogens is 254 g/mol. The molecule has 0 aromatic carbocycles. The normalized spacial score (nSPS) is 10.9. The molecule has 0 radical (unpaired) electrons. The van der Waals surface area contributed by atoms with E-state index in [1.807, 2.05) is 0 Å². The van der Waals surface area contributed by atoms with Crippen LogP contribution in [0.4, 0.5) is 11.4 Å². The topological polar surface area (TPSA) is 110 Å². The maximum Gasteiger partial charge on any atom is 0.265 e. The van der Waals surface area contributed by atoms with Crippen LogP contribution < -0.4 is 16.0 Å². The summed E-state index contributed by atoms with van der Waals surface area (Å²) >= 11 is 0. The molecule has 0 saturated heterocycles. The molecule has 2 aromatic rings. The lowest BCUT2D eigenvalue weighted by Crippen LogP contribution is -2.17. The molecule has 0 atom stereocenters. The van der Waals surface area contributed by atoms with Crippen LogP contribution in [0.5, 0.6) is 0 Å². The second-order valence-corrected chi connectivity index (χ2v) is 5.01. The Kier molecular flexibility index (Phi) is 3.40. The summed E-state index contributed by atoms with van der Waals surface area (Å²) in [4.78, 5) is 7.55. The molecule has 0 spiro atoms. The van der Waals surface area contributed by atoms with E-state index in [4.69, 9.17) is 5.84 Å². The summed E-state index contributed by atoms with van der Waals surface area (Å²) in [7, 11) is -3.74. The summed E-state index contributed by atoms with van der Waals surface area (Å²) in [6, 6.07) is 4.56. The quantitative estimate of drug-likeness (QED) is 0.550. The van der Waals surface area contributed by atoms with Crippen molar-refractivity contribution in [1.82, 2.24) is 9.97 Å². The van der Waals surface area contributed by atoms with Crippen LogP contribution in [0.1, 0.15) is 0 Å². The molecule has 0 saturated carbocycles. The Morgan fingerprint density at radius 2 is 1.72 bits per heavy atom. The third-order valence-electron chi connectivity index (χ3n) is 2.16. The number of anilines is 2. The van der Waals surface area contributed by atoms with Crippen molar-refractivity contribution in [3.05, 3.63) is 43.0 Å². The van der Waals surface area contributed by atoms with Gasteiger partial charge in [-0.15, -0.1) is 0 Å². The number of hydrogen-bond acceptors (Lipinski definition) is 6. The molecule has 8 heteroatoms. The first-order chi connectivity index (χ1) is 8.63. The van der Waals surface area contributed by atoms with Crippen molar-refractivity contribution in [2.45, 2.75) is 4.90 Å². The van der Waals surface area contributed by atoms with Crippen LogP contribution in [-0.2, 0) is 10.0 Å². The number of pyridine rings is 2. The van der Waals surface area contributed by atoms with Gasteiger partial charge in [0.15, 0.2) is 0 Å². The first-order valence-electron chi connectivity index (χ1n) is 4.97. The number of nitrogen functional groups attached to an aromatic ring is 1. The van der Waals surface area contributed by atoms with Gasteiger partial charge in [-0.3, -0.25) is 20.5 Å². The van der Waals surface area contributed by atoms with Crippen molar-refractivity contribution in [3.8, 4) is 0 Å². The molecular formula is C10H11N5O2S. The monoisotopic (exact) mass is 265 g/mol.